The van der Waals surface area contributed by atoms with E-state index >= 15 is 0 Å². The van der Waals surface area contributed by atoms with Crippen molar-refractivity contribution in [3.8, 4) is 0 Å². The highest BCUT2D eigenvalue weighted by Gasteiger charge is 2.39. The van der Waals surface area contributed by atoms with E-state index in [2.05, 4.69) is 0 Å². The number of rotatable bonds is 3. The summed E-state index contributed by atoms with van der Waals surface area (Å²) >= 11 is 0. The normalized spacial score (nSPS) is 25.8. The molecule has 0 aromatic heterocycles. The Hall–Kier alpha value is -1.11. The Morgan fingerprint density at radius 1 is 1.44 bits per heavy atom. The largest absolute Gasteiger partial charge is 0.480 e. The molecule has 6 nitrogen and oxygen atoms in total. The van der Waals surface area contributed by atoms with Crippen LogP contribution in [0.1, 0.15) is 13.3 Å². The van der Waals surface area contributed by atoms with Crippen molar-refractivity contribution in [2.75, 3.05) is 18.6 Å². The Morgan fingerprint density at radius 2 is 2.00 bits per heavy atom. The molecular formula is C9H15NO5S. The first-order valence-electron chi connectivity index (χ1n) is 4.92. The van der Waals surface area contributed by atoms with E-state index in [1.165, 1.54) is 0 Å². The second-order valence-electron chi connectivity index (χ2n) is 4.21. The predicted octanol–water partition coefficient (Wildman–Crippen LogP) is -0.647. The third-order valence-electron chi connectivity index (χ3n) is 2.66. The van der Waals surface area contributed by atoms with Crippen molar-refractivity contribution in [1.29, 1.82) is 0 Å². The smallest absolute Gasteiger partial charge is 0.326 e. The summed E-state index contributed by atoms with van der Waals surface area (Å²) in [6, 6.07) is -0.894. The van der Waals surface area contributed by atoms with E-state index in [0.717, 1.165) is 11.2 Å². The van der Waals surface area contributed by atoms with E-state index in [1.807, 2.05) is 0 Å². The van der Waals surface area contributed by atoms with Gasteiger partial charge in [-0.05, 0) is 12.3 Å². The minimum Gasteiger partial charge on any atom is -0.480 e. The molecule has 0 aromatic rings. The van der Waals surface area contributed by atoms with Gasteiger partial charge < -0.3 is 10.0 Å². The van der Waals surface area contributed by atoms with Gasteiger partial charge in [0.15, 0.2) is 9.84 Å². The van der Waals surface area contributed by atoms with Gasteiger partial charge in [-0.2, -0.15) is 0 Å². The van der Waals surface area contributed by atoms with Crippen molar-refractivity contribution in [2.45, 2.75) is 19.4 Å². The standard InChI is InChI=1S/C9H15NO5S/c1-6-3-4-10(8(6)9(12)13)7(11)5-16(2,14)15/h6,8H,3-5H2,1-2H3,(H,12,13). The lowest BCUT2D eigenvalue weighted by molar-refractivity contribution is -0.148. The zero-order valence-corrected chi connectivity index (χ0v) is 10.0. The van der Waals surface area contributed by atoms with E-state index in [1.54, 1.807) is 6.92 Å². The quantitative estimate of drug-likeness (QED) is 0.717. The lowest BCUT2D eigenvalue weighted by atomic mass is 10.0. The lowest BCUT2D eigenvalue weighted by Gasteiger charge is -2.22. The van der Waals surface area contributed by atoms with Gasteiger partial charge in [0.05, 0.1) is 0 Å². The van der Waals surface area contributed by atoms with E-state index in [9.17, 15) is 18.0 Å². The topological polar surface area (TPSA) is 91.8 Å². The average Bonchev–Trinajstić information content (AvgIpc) is 2.43. The summed E-state index contributed by atoms with van der Waals surface area (Å²) in [5.41, 5.74) is 0. The number of carboxylic acids is 1. The molecule has 1 rings (SSSR count). The third-order valence-corrected chi connectivity index (χ3v) is 3.43. The summed E-state index contributed by atoms with van der Waals surface area (Å²) in [4.78, 5) is 23.7. The van der Waals surface area contributed by atoms with Gasteiger partial charge in [-0.1, -0.05) is 6.92 Å². The summed E-state index contributed by atoms with van der Waals surface area (Å²) in [6.45, 7) is 2.05. The van der Waals surface area contributed by atoms with Gasteiger partial charge in [0, 0.05) is 12.8 Å². The Kier molecular flexibility index (Phi) is 3.57. The molecule has 16 heavy (non-hydrogen) atoms. The number of aliphatic carboxylic acids is 1. The van der Waals surface area contributed by atoms with Crippen molar-refractivity contribution in [2.24, 2.45) is 5.92 Å². The summed E-state index contributed by atoms with van der Waals surface area (Å²) in [5, 5.41) is 8.96. The summed E-state index contributed by atoms with van der Waals surface area (Å²) < 4.78 is 21.9. The molecule has 1 N–H and O–H groups in total. The van der Waals surface area contributed by atoms with Crippen molar-refractivity contribution in [3.63, 3.8) is 0 Å². The monoisotopic (exact) mass is 249 g/mol. The molecule has 0 saturated carbocycles. The molecule has 0 bridgehead atoms. The van der Waals surface area contributed by atoms with E-state index in [0.29, 0.717) is 13.0 Å². The number of nitrogens with zero attached hydrogens (tertiary/aromatic N) is 1. The van der Waals surface area contributed by atoms with Gasteiger partial charge in [0.25, 0.3) is 0 Å². The van der Waals surface area contributed by atoms with Crippen LogP contribution in [-0.4, -0.2) is 54.9 Å². The number of carboxylic acid groups (broad SMARTS) is 1. The Bertz CT molecular complexity index is 402. The van der Waals surface area contributed by atoms with Crippen molar-refractivity contribution in [1.82, 2.24) is 4.90 Å². The van der Waals surface area contributed by atoms with Crippen LogP contribution in [0.15, 0.2) is 0 Å². The molecular weight excluding hydrogens is 234 g/mol. The maximum Gasteiger partial charge on any atom is 0.326 e. The molecule has 1 aliphatic heterocycles. The number of sulfone groups is 1. The molecule has 0 spiro atoms. The van der Waals surface area contributed by atoms with Crippen LogP contribution < -0.4 is 0 Å². The fourth-order valence-corrected chi connectivity index (χ4v) is 2.53. The highest BCUT2D eigenvalue weighted by Crippen LogP contribution is 2.24. The zero-order valence-electron chi connectivity index (χ0n) is 9.21. The number of hydrogen-bond acceptors (Lipinski definition) is 4. The van der Waals surface area contributed by atoms with Crippen molar-refractivity contribution < 1.29 is 23.1 Å². The minimum atomic E-state index is -3.41. The van der Waals surface area contributed by atoms with Gasteiger partial charge >= 0.3 is 5.97 Å². The number of amides is 1. The molecule has 1 amide bonds. The van der Waals surface area contributed by atoms with Crippen LogP contribution in [-0.2, 0) is 19.4 Å². The highest BCUT2D eigenvalue weighted by atomic mass is 32.2. The van der Waals surface area contributed by atoms with E-state index in [4.69, 9.17) is 5.11 Å². The molecule has 0 aliphatic carbocycles. The lowest BCUT2D eigenvalue weighted by Crippen LogP contribution is -2.44. The fourth-order valence-electron chi connectivity index (χ4n) is 1.91. The van der Waals surface area contributed by atoms with Crippen LogP contribution in [0, 0.1) is 5.92 Å². The molecule has 7 heteroatoms. The number of carbonyl (C=O) groups excluding carboxylic acids is 1. The number of hydrogen-bond donors (Lipinski definition) is 1. The van der Waals surface area contributed by atoms with Crippen LogP contribution in [0.4, 0.5) is 0 Å². The van der Waals surface area contributed by atoms with Gasteiger partial charge in [0.1, 0.15) is 11.8 Å². The second kappa shape index (κ2) is 4.40. The van der Waals surface area contributed by atoms with Gasteiger partial charge in [-0.3, -0.25) is 4.79 Å². The molecule has 0 aromatic carbocycles. The molecule has 1 aliphatic rings. The average molecular weight is 249 g/mol. The highest BCUT2D eigenvalue weighted by molar-refractivity contribution is 7.91. The van der Waals surface area contributed by atoms with Gasteiger partial charge in [-0.25, -0.2) is 13.2 Å². The summed E-state index contributed by atoms with van der Waals surface area (Å²) in [7, 11) is -3.41. The van der Waals surface area contributed by atoms with Crippen molar-refractivity contribution >= 4 is 21.7 Å². The molecule has 2 unspecified atom stereocenters. The molecule has 1 saturated heterocycles. The molecule has 1 fully saturated rings. The molecule has 0 radical (unpaired) electrons. The number of likely N-dealkylation sites (tertiary alicyclic amines) is 1. The molecule has 2 atom stereocenters. The molecule has 92 valence electrons. The maximum atomic E-state index is 11.6. The molecule has 1 heterocycles. The van der Waals surface area contributed by atoms with E-state index < -0.39 is 33.5 Å². The Labute approximate surface area is 94.2 Å². The van der Waals surface area contributed by atoms with E-state index in [-0.39, 0.29) is 5.92 Å². The second-order valence-corrected chi connectivity index (χ2v) is 6.35. The SMILES string of the molecule is CC1CCN(C(=O)CS(C)(=O)=O)C1C(=O)O. The first-order chi connectivity index (χ1) is 7.22. The summed E-state index contributed by atoms with van der Waals surface area (Å²) in [5.74, 6) is -2.46. The van der Waals surface area contributed by atoms with Crippen LogP contribution in [0.25, 0.3) is 0 Å². The van der Waals surface area contributed by atoms with Gasteiger partial charge in [-0.15, -0.1) is 0 Å². The predicted molar refractivity (Wildman–Crippen MR) is 56.6 cm³/mol. The third kappa shape index (κ3) is 2.94. The first kappa shape index (κ1) is 13.0. The first-order valence-corrected chi connectivity index (χ1v) is 6.98. The van der Waals surface area contributed by atoms with Crippen LogP contribution in [0.3, 0.4) is 0 Å². The van der Waals surface area contributed by atoms with Gasteiger partial charge in [0.2, 0.25) is 5.91 Å². The Balaban J connectivity index is 2.80. The van der Waals surface area contributed by atoms with Crippen molar-refractivity contribution in [3.05, 3.63) is 0 Å². The minimum absolute atomic E-state index is 0.138. The van der Waals surface area contributed by atoms with Crippen LogP contribution in [0.2, 0.25) is 0 Å². The maximum absolute atomic E-state index is 11.6. The zero-order chi connectivity index (χ0) is 12.5. The Morgan fingerprint density at radius 3 is 2.44 bits per heavy atom. The fraction of sp³-hybridized carbons (Fsp3) is 0.778. The summed E-state index contributed by atoms with van der Waals surface area (Å²) in [6.07, 6.45) is 1.55. The van der Waals surface area contributed by atoms with Crippen LogP contribution >= 0.6 is 0 Å². The number of carbonyl (C=O) groups is 2. The van der Waals surface area contributed by atoms with Crippen LogP contribution in [0.5, 0.6) is 0 Å².